The minimum Gasteiger partial charge on any atom is -0.356 e. The molecule has 1 aromatic heterocycles. The predicted octanol–water partition coefficient (Wildman–Crippen LogP) is 2.78. The molecule has 0 radical (unpaired) electrons. The molecule has 1 aliphatic rings. The topological polar surface area (TPSA) is 75.3 Å². The minimum absolute atomic E-state index is 0. The average molecular weight is 441 g/mol. The number of hydrogen-bond donors (Lipinski definition) is 2. The van der Waals surface area contributed by atoms with Crippen LogP contribution in [0.5, 0.6) is 0 Å². The number of aryl methyl sites for hydroxylation is 1. The first-order valence-corrected chi connectivity index (χ1v) is 8.01. The van der Waals surface area contributed by atoms with Crippen molar-refractivity contribution >= 4 is 29.9 Å². The van der Waals surface area contributed by atoms with Crippen LogP contribution in [0.15, 0.2) is 39.8 Å². The highest BCUT2D eigenvalue weighted by atomic mass is 127. The summed E-state index contributed by atoms with van der Waals surface area (Å²) in [6, 6.07) is 10.7. The molecule has 0 atom stereocenters. The van der Waals surface area contributed by atoms with Gasteiger partial charge < -0.3 is 15.2 Å². The molecule has 1 saturated carbocycles. The van der Waals surface area contributed by atoms with Gasteiger partial charge in [0.05, 0.1) is 6.54 Å². The molecule has 1 aromatic carbocycles. The Hall–Kier alpha value is -1.64. The van der Waals surface area contributed by atoms with Gasteiger partial charge in [-0.2, -0.15) is 4.98 Å². The molecule has 24 heavy (non-hydrogen) atoms. The van der Waals surface area contributed by atoms with Gasteiger partial charge in [0.25, 0.3) is 0 Å². The van der Waals surface area contributed by atoms with Crippen LogP contribution in [0.4, 0.5) is 0 Å². The highest BCUT2D eigenvalue weighted by molar-refractivity contribution is 14.0. The first-order valence-electron chi connectivity index (χ1n) is 8.01. The molecule has 1 heterocycles. The van der Waals surface area contributed by atoms with Crippen molar-refractivity contribution in [2.45, 2.75) is 38.1 Å². The second-order valence-corrected chi connectivity index (χ2v) is 6.01. The Kier molecular flexibility index (Phi) is 6.59. The number of aromatic nitrogens is 2. The molecule has 0 bridgehead atoms. The van der Waals surface area contributed by atoms with E-state index in [-0.39, 0.29) is 29.4 Å². The molecule has 0 unspecified atom stereocenters. The van der Waals surface area contributed by atoms with Gasteiger partial charge in [-0.05, 0) is 25.3 Å². The third-order valence-electron chi connectivity index (χ3n) is 4.49. The maximum absolute atomic E-state index is 5.10. The zero-order chi connectivity index (χ0) is 16.1. The lowest BCUT2D eigenvalue weighted by Crippen LogP contribution is -2.48. The first kappa shape index (κ1) is 18.7. The Labute approximate surface area is 159 Å². The molecule has 1 fully saturated rings. The molecule has 0 aliphatic heterocycles. The monoisotopic (exact) mass is 441 g/mol. The van der Waals surface area contributed by atoms with Crippen molar-refractivity contribution in [3.05, 3.63) is 47.6 Å². The van der Waals surface area contributed by atoms with Gasteiger partial charge in [-0.15, -0.1) is 24.0 Å². The molecule has 7 heteroatoms. The summed E-state index contributed by atoms with van der Waals surface area (Å²) in [5, 5.41) is 10.4. The number of aliphatic imine (C=N–C) groups is 1. The molecule has 2 N–H and O–H groups in total. The summed E-state index contributed by atoms with van der Waals surface area (Å²) in [6.45, 7) is 3.15. The molecule has 0 spiro atoms. The van der Waals surface area contributed by atoms with Crippen molar-refractivity contribution in [3.63, 3.8) is 0 Å². The summed E-state index contributed by atoms with van der Waals surface area (Å²) in [5.74, 6) is 1.96. The number of nitrogens with zero attached hydrogens (tertiary/aromatic N) is 3. The van der Waals surface area contributed by atoms with E-state index in [0.29, 0.717) is 18.3 Å². The quantitative estimate of drug-likeness (QED) is 0.424. The largest absolute Gasteiger partial charge is 0.356 e. The number of guanidine groups is 1. The Morgan fingerprint density at radius 1 is 1.25 bits per heavy atom. The highest BCUT2D eigenvalue weighted by Gasteiger charge is 2.38. The second-order valence-electron chi connectivity index (χ2n) is 6.01. The van der Waals surface area contributed by atoms with Crippen LogP contribution >= 0.6 is 24.0 Å². The molecule has 6 nitrogen and oxygen atoms in total. The van der Waals surface area contributed by atoms with Crippen molar-refractivity contribution in [1.29, 1.82) is 0 Å². The molecule has 2 aromatic rings. The van der Waals surface area contributed by atoms with Crippen molar-refractivity contribution < 1.29 is 4.52 Å². The fraction of sp³-hybridized carbons (Fsp3) is 0.471. The van der Waals surface area contributed by atoms with Crippen LogP contribution in [0.25, 0.3) is 0 Å². The number of halogens is 1. The van der Waals surface area contributed by atoms with E-state index in [1.807, 2.05) is 0 Å². The zero-order valence-electron chi connectivity index (χ0n) is 14.1. The van der Waals surface area contributed by atoms with Crippen molar-refractivity contribution in [3.8, 4) is 0 Å². The van der Waals surface area contributed by atoms with Gasteiger partial charge in [-0.3, -0.25) is 4.99 Å². The van der Waals surface area contributed by atoms with Gasteiger partial charge in [-0.25, -0.2) is 0 Å². The molecule has 3 rings (SSSR count). The van der Waals surface area contributed by atoms with Crippen LogP contribution in [-0.4, -0.2) is 29.7 Å². The fourth-order valence-corrected chi connectivity index (χ4v) is 3.01. The van der Waals surface area contributed by atoms with Crippen LogP contribution in [0.1, 0.15) is 36.5 Å². The van der Waals surface area contributed by atoms with Crippen molar-refractivity contribution in [2.24, 2.45) is 4.99 Å². The zero-order valence-corrected chi connectivity index (χ0v) is 16.4. The van der Waals surface area contributed by atoms with Crippen LogP contribution in [0, 0.1) is 6.92 Å². The van der Waals surface area contributed by atoms with E-state index in [4.69, 9.17) is 4.52 Å². The maximum atomic E-state index is 5.10. The average Bonchev–Trinajstić information content (AvgIpc) is 2.96. The van der Waals surface area contributed by atoms with E-state index in [1.165, 1.54) is 24.8 Å². The molecule has 0 amide bonds. The molecule has 0 saturated heterocycles. The highest BCUT2D eigenvalue weighted by Crippen LogP contribution is 2.43. The lowest BCUT2D eigenvalue weighted by molar-refractivity contribution is 0.243. The number of benzene rings is 1. The van der Waals surface area contributed by atoms with Crippen LogP contribution in [0.3, 0.4) is 0 Å². The summed E-state index contributed by atoms with van der Waals surface area (Å²) in [4.78, 5) is 8.45. The van der Waals surface area contributed by atoms with E-state index >= 15 is 0 Å². The Morgan fingerprint density at radius 3 is 2.54 bits per heavy atom. The predicted molar refractivity (Wildman–Crippen MR) is 105 cm³/mol. The number of nitrogens with one attached hydrogen (secondary N) is 2. The summed E-state index contributed by atoms with van der Waals surface area (Å²) < 4.78 is 5.10. The maximum Gasteiger partial charge on any atom is 0.246 e. The van der Waals surface area contributed by atoms with E-state index in [1.54, 1.807) is 14.0 Å². The summed E-state index contributed by atoms with van der Waals surface area (Å²) in [7, 11) is 1.77. The molecular weight excluding hydrogens is 417 g/mol. The second kappa shape index (κ2) is 8.46. The smallest absolute Gasteiger partial charge is 0.246 e. The van der Waals surface area contributed by atoms with Crippen LogP contribution in [-0.2, 0) is 12.0 Å². The Bertz CT molecular complexity index is 667. The van der Waals surface area contributed by atoms with Gasteiger partial charge in [-0.1, -0.05) is 41.9 Å². The van der Waals surface area contributed by atoms with E-state index in [2.05, 4.69) is 56.1 Å². The fourth-order valence-electron chi connectivity index (χ4n) is 3.01. The third kappa shape index (κ3) is 4.25. The molecular formula is C17H24IN5O. The molecule has 130 valence electrons. The number of rotatable bonds is 5. The lowest BCUT2D eigenvalue weighted by atomic mass is 9.64. The minimum atomic E-state index is 0. The summed E-state index contributed by atoms with van der Waals surface area (Å²) in [6.07, 6.45) is 3.71. The van der Waals surface area contributed by atoms with Crippen LogP contribution < -0.4 is 10.6 Å². The van der Waals surface area contributed by atoms with Gasteiger partial charge >= 0.3 is 0 Å². The first-order chi connectivity index (χ1) is 11.2. The number of hydrogen-bond acceptors (Lipinski definition) is 4. The van der Waals surface area contributed by atoms with Crippen molar-refractivity contribution in [2.75, 3.05) is 13.6 Å². The van der Waals surface area contributed by atoms with Crippen molar-refractivity contribution in [1.82, 2.24) is 20.8 Å². The van der Waals surface area contributed by atoms with Gasteiger partial charge in [0.1, 0.15) is 0 Å². The SMILES string of the molecule is CN=C(NCc1nc(C)no1)NCC1(c2ccccc2)CCC1.I. The van der Waals surface area contributed by atoms with Gasteiger partial charge in [0.2, 0.25) is 5.89 Å². The lowest BCUT2D eigenvalue weighted by Gasteiger charge is -2.43. The summed E-state index contributed by atoms with van der Waals surface area (Å²) in [5.41, 5.74) is 1.63. The van der Waals surface area contributed by atoms with E-state index in [0.717, 1.165) is 12.5 Å². The van der Waals surface area contributed by atoms with Gasteiger partial charge in [0.15, 0.2) is 11.8 Å². The molecule has 1 aliphatic carbocycles. The van der Waals surface area contributed by atoms with Crippen LogP contribution in [0.2, 0.25) is 0 Å². The third-order valence-corrected chi connectivity index (χ3v) is 4.49. The van der Waals surface area contributed by atoms with Gasteiger partial charge in [0, 0.05) is 19.0 Å². The summed E-state index contributed by atoms with van der Waals surface area (Å²) >= 11 is 0. The van der Waals surface area contributed by atoms with E-state index < -0.39 is 0 Å². The Morgan fingerprint density at radius 2 is 2.00 bits per heavy atom. The standard InChI is InChI=1S/C17H23N5O.HI/c1-13-21-15(23-22-13)11-19-16(18-2)20-12-17(9-6-10-17)14-7-4-3-5-8-14;/h3-5,7-8H,6,9-12H2,1-2H3,(H2,18,19,20);1H. The van der Waals surface area contributed by atoms with E-state index in [9.17, 15) is 0 Å². The normalized spacial score (nSPS) is 16.0. The Balaban J connectivity index is 0.00000208.